The normalized spacial score (nSPS) is 25.1. The van der Waals surface area contributed by atoms with Crippen LogP contribution in [0, 0.1) is 11.3 Å². The van der Waals surface area contributed by atoms with Crippen molar-refractivity contribution in [3.8, 4) is 0 Å². The molecule has 0 amide bonds. The van der Waals surface area contributed by atoms with Gasteiger partial charge in [0.05, 0.1) is 0 Å². The molecule has 0 saturated heterocycles. The lowest BCUT2D eigenvalue weighted by Crippen LogP contribution is -2.39. The summed E-state index contributed by atoms with van der Waals surface area (Å²) < 4.78 is 0. The van der Waals surface area contributed by atoms with Crippen LogP contribution in [0.3, 0.4) is 0 Å². The third-order valence-electron chi connectivity index (χ3n) is 4.66. The summed E-state index contributed by atoms with van der Waals surface area (Å²) in [5.41, 5.74) is 6.01. The van der Waals surface area contributed by atoms with Gasteiger partial charge in [-0.1, -0.05) is 38.5 Å². The first-order valence-corrected chi connectivity index (χ1v) is 6.96. The molecule has 2 nitrogen and oxygen atoms in total. The van der Waals surface area contributed by atoms with Gasteiger partial charge >= 0.3 is 0 Å². The Morgan fingerprint density at radius 1 is 1.12 bits per heavy atom. The van der Waals surface area contributed by atoms with E-state index in [-0.39, 0.29) is 5.41 Å². The molecule has 0 bridgehead atoms. The number of carbonyl (C=O) groups is 1. The zero-order chi connectivity index (χ0) is 11.4. The van der Waals surface area contributed by atoms with Crippen molar-refractivity contribution in [1.29, 1.82) is 0 Å². The van der Waals surface area contributed by atoms with Gasteiger partial charge in [0.2, 0.25) is 0 Å². The average molecular weight is 223 g/mol. The fraction of sp³-hybridized carbons (Fsp3) is 0.929. The molecule has 2 N–H and O–H groups in total. The zero-order valence-electron chi connectivity index (χ0n) is 10.3. The van der Waals surface area contributed by atoms with Gasteiger partial charge in [-0.25, -0.2) is 0 Å². The number of Topliss-reactive ketones (excluding diaryl/α,β-unsaturated/α-hetero) is 1. The second kappa shape index (κ2) is 5.31. The van der Waals surface area contributed by atoms with Crippen molar-refractivity contribution < 1.29 is 4.79 Å². The quantitative estimate of drug-likeness (QED) is 0.778. The van der Waals surface area contributed by atoms with E-state index < -0.39 is 0 Å². The van der Waals surface area contributed by atoms with Crippen LogP contribution in [0.1, 0.15) is 64.2 Å². The van der Waals surface area contributed by atoms with E-state index in [1.165, 1.54) is 51.4 Å². The number of hydrogen-bond donors (Lipinski definition) is 1. The van der Waals surface area contributed by atoms with Crippen molar-refractivity contribution in [1.82, 2.24) is 0 Å². The monoisotopic (exact) mass is 223 g/mol. The van der Waals surface area contributed by atoms with Crippen molar-refractivity contribution in [3.05, 3.63) is 0 Å². The van der Waals surface area contributed by atoms with Crippen molar-refractivity contribution in [2.45, 2.75) is 64.2 Å². The number of carbonyl (C=O) groups excluding carboxylic acids is 1. The van der Waals surface area contributed by atoms with Gasteiger partial charge in [0.15, 0.2) is 0 Å². The molecule has 2 fully saturated rings. The van der Waals surface area contributed by atoms with Crippen LogP contribution in [0.25, 0.3) is 0 Å². The topological polar surface area (TPSA) is 43.1 Å². The van der Waals surface area contributed by atoms with Gasteiger partial charge < -0.3 is 5.73 Å². The Morgan fingerprint density at radius 2 is 1.81 bits per heavy atom. The highest BCUT2D eigenvalue weighted by Crippen LogP contribution is 2.43. The highest BCUT2D eigenvalue weighted by Gasteiger charge is 2.37. The molecule has 2 aliphatic rings. The summed E-state index contributed by atoms with van der Waals surface area (Å²) in [7, 11) is 0. The summed E-state index contributed by atoms with van der Waals surface area (Å²) in [6.07, 6.45) is 11.8. The van der Waals surface area contributed by atoms with Crippen LogP contribution >= 0.6 is 0 Å². The fourth-order valence-corrected chi connectivity index (χ4v) is 3.33. The molecule has 0 unspecified atom stereocenters. The molecule has 0 spiro atoms. The van der Waals surface area contributed by atoms with Crippen molar-refractivity contribution in [2.24, 2.45) is 17.1 Å². The summed E-state index contributed by atoms with van der Waals surface area (Å²) in [4.78, 5) is 12.0. The number of nitrogens with two attached hydrogens (primary N) is 1. The van der Waals surface area contributed by atoms with E-state index in [0.717, 1.165) is 12.8 Å². The van der Waals surface area contributed by atoms with Gasteiger partial charge in [-0.2, -0.15) is 0 Å². The van der Waals surface area contributed by atoms with Crippen LogP contribution in [0.15, 0.2) is 0 Å². The van der Waals surface area contributed by atoms with E-state index in [1.54, 1.807) is 0 Å². The average Bonchev–Trinajstić information content (AvgIpc) is 2.25. The molecule has 2 saturated carbocycles. The Kier molecular flexibility index (Phi) is 4.01. The Hall–Kier alpha value is -0.370. The summed E-state index contributed by atoms with van der Waals surface area (Å²) in [5, 5.41) is 0. The number of rotatable bonds is 5. The molecule has 0 heterocycles. The second-order valence-electron chi connectivity index (χ2n) is 5.98. The summed E-state index contributed by atoms with van der Waals surface area (Å²) in [6, 6.07) is 0. The van der Waals surface area contributed by atoms with E-state index in [1.807, 2.05) is 0 Å². The molecule has 0 atom stereocenters. The Labute approximate surface area is 99.0 Å². The number of hydrogen-bond acceptors (Lipinski definition) is 2. The Morgan fingerprint density at radius 3 is 2.31 bits per heavy atom. The minimum Gasteiger partial charge on any atom is -0.330 e. The lowest BCUT2D eigenvalue weighted by atomic mass is 9.65. The highest BCUT2D eigenvalue weighted by molar-refractivity contribution is 5.79. The Bertz CT molecular complexity index is 234. The SMILES string of the molecule is NCC1(CC(=O)CC2CCCCC2)CCC1. The minimum absolute atomic E-state index is 0.214. The maximum atomic E-state index is 12.0. The van der Waals surface area contributed by atoms with E-state index in [2.05, 4.69) is 0 Å². The van der Waals surface area contributed by atoms with Crippen molar-refractivity contribution in [3.63, 3.8) is 0 Å². The summed E-state index contributed by atoms with van der Waals surface area (Å²) in [5.74, 6) is 1.17. The van der Waals surface area contributed by atoms with Crippen molar-refractivity contribution in [2.75, 3.05) is 6.54 Å². The van der Waals surface area contributed by atoms with Crippen LogP contribution in [0.2, 0.25) is 0 Å². The molecular weight excluding hydrogens is 198 g/mol. The van der Waals surface area contributed by atoms with Crippen LogP contribution in [-0.2, 0) is 4.79 Å². The molecule has 0 aliphatic heterocycles. The number of ketones is 1. The van der Waals surface area contributed by atoms with Gasteiger partial charge in [-0.05, 0) is 30.7 Å². The molecule has 2 rings (SSSR count). The summed E-state index contributed by atoms with van der Waals surface area (Å²) in [6.45, 7) is 0.712. The molecule has 0 aromatic carbocycles. The minimum atomic E-state index is 0.214. The zero-order valence-corrected chi connectivity index (χ0v) is 10.3. The molecule has 0 aromatic heterocycles. The molecular formula is C14H25NO. The molecule has 16 heavy (non-hydrogen) atoms. The maximum absolute atomic E-state index is 12.0. The van der Waals surface area contributed by atoms with E-state index in [0.29, 0.717) is 18.2 Å². The first-order valence-electron chi connectivity index (χ1n) is 6.96. The maximum Gasteiger partial charge on any atom is 0.133 e. The first kappa shape index (κ1) is 12.1. The third-order valence-corrected chi connectivity index (χ3v) is 4.66. The van der Waals surface area contributed by atoms with E-state index in [4.69, 9.17) is 5.73 Å². The largest absolute Gasteiger partial charge is 0.330 e. The second-order valence-corrected chi connectivity index (χ2v) is 5.98. The Balaban J connectivity index is 1.74. The van der Waals surface area contributed by atoms with Crippen LogP contribution in [0.5, 0.6) is 0 Å². The summed E-state index contributed by atoms with van der Waals surface area (Å²) >= 11 is 0. The predicted molar refractivity (Wildman–Crippen MR) is 66.2 cm³/mol. The van der Waals surface area contributed by atoms with Gasteiger partial charge in [0, 0.05) is 12.8 Å². The smallest absolute Gasteiger partial charge is 0.133 e. The molecule has 2 heteroatoms. The van der Waals surface area contributed by atoms with Gasteiger partial charge in [0.25, 0.3) is 0 Å². The fourth-order valence-electron chi connectivity index (χ4n) is 3.33. The van der Waals surface area contributed by atoms with E-state index in [9.17, 15) is 4.79 Å². The molecule has 92 valence electrons. The van der Waals surface area contributed by atoms with Crippen LogP contribution in [0.4, 0.5) is 0 Å². The lowest BCUT2D eigenvalue weighted by Gasteiger charge is -2.40. The predicted octanol–water partition coefficient (Wildman–Crippen LogP) is 3.05. The molecule has 2 aliphatic carbocycles. The van der Waals surface area contributed by atoms with Crippen molar-refractivity contribution >= 4 is 5.78 Å². The third kappa shape index (κ3) is 2.85. The van der Waals surface area contributed by atoms with Crippen LogP contribution < -0.4 is 5.73 Å². The van der Waals surface area contributed by atoms with Gasteiger partial charge in [0.1, 0.15) is 5.78 Å². The molecule has 0 radical (unpaired) electrons. The molecule has 0 aromatic rings. The van der Waals surface area contributed by atoms with E-state index >= 15 is 0 Å². The lowest BCUT2D eigenvalue weighted by molar-refractivity contribution is -0.123. The highest BCUT2D eigenvalue weighted by atomic mass is 16.1. The van der Waals surface area contributed by atoms with Gasteiger partial charge in [-0.15, -0.1) is 0 Å². The van der Waals surface area contributed by atoms with Gasteiger partial charge in [-0.3, -0.25) is 4.79 Å². The van der Waals surface area contributed by atoms with Crippen LogP contribution in [-0.4, -0.2) is 12.3 Å². The standard InChI is InChI=1S/C14H25NO/c15-11-14(7-4-8-14)10-13(16)9-12-5-2-1-3-6-12/h12H,1-11,15H2. The first-order chi connectivity index (χ1) is 7.74.